The van der Waals surface area contributed by atoms with Crippen LogP contribution in [0.2, 0.25) is 0 Å². The van der Waals surface area contributed by atoms with Crippen LogP contribution in [0.3, 0.4) is 0 Å². The molecule has 166 valence electrons. The minimum absolute atomic E-state index is 0.100. The van der Waals surface area contributed by atoms with E-state index in [4.69, 9.17) is 14.2 Å². The summed E-state index contributed by atoms with van der Waals surface area (Å²) in [6.07, 6.45) is 2.29. The van der Waals surface area contributed by atoms with Crippen molar-refractivity contribution in [3.8, 4) is 0 Å². The molecule has 0 saturated heterocycles. The van der Waals surface area contributed by atoms with E-state index in [2.05, 4.69) is 5.32 Å². The minimum Gasteiger partial charge on any atom is -0.461 e. The van der Waals surface area contributed by atoms with Gasteiger partial charge in [0.1, 0.15) is 23.4 Å². The van der Waals surface area contributed by atoms with E-state index < -0.39 is 18.1 Å². The van der Waals surface area contributed by atoms with E-state index in [1.54, 1.807) is 0 Å². The van der Waals surface area contributed by atoms with Gasteiger partial charge in [0.05, 0.1) is 5.92 Å². The SMILES string of the molecule is CC[C@H](C)[C@H](NC(=O)OCc1ccccc1)C(=O)OC1CCC(C(=O)OCI)CC1. The molecule has 0 aliphatic heterocycles. The number of alkyl halides is 1. The van der Waals surface area contributed by atoms with E-state index in [1.807, 2.05) is 66.8 Å². The maximum absolute atomic E-state index is 12.8. The second kappa shape index (κ2) is 12.8. The molecule has 0 heterocycles. The molecule has 0 bridgehead atoms. The number of carbonyl (C=O) groups is 3. The van der Waals surface area contributed by atoms with Crippen molar-refractivity contribution in [1.29, 1.82) is 0 Å². The number of benzene rings is 1. The number of alkyl carbamates (subject to hydrolysis) is 1. The number of rotatable bonds is 9. The first-order chi connectivity index (χ1) is 14.4. The Balaban J connectivity index is 1.84. The summed E-state index contributed by atoms with van der Waals surface area (Å²) in [7, 11) is 0. The van der Waals surface area contributed by atoms with Crippen LogP contribution in [0, 0.1) is 11.8 Å². The van der Waals surface area contributed by atoms with E-state index in [0.29, 0.717) is 36.7 Å². The van der Waals surface area contributed by atoms with Crippen LogP contribution in [0.5, 0.6) is 0 Å². The number of hydrogen-bond acceptors (Lipinski definition) is 6. The fourth-order valence-corrected chi connectivity index (χ4v) is 3.69. The standard InChI is InChI=1S/C22H30INO6/c1-3-15(2)19(24-22(27)28-13-16-7-5-4-6-8-16)21(26)30-18-11-9-17(10-12-18)20(25)29-14-23/h4-8,15,17-19H,3,9-14H2,1-2H3,(H,24,27)/t15-,17?,18?,19-/m0/s1. The Bertz CT molecular complexity index is 690. The van der Waals surface area contributed by atoms with Crippen LogP contribution in [-0.2, 0) is 30.4 Å². The van der Waals surface area contributed by atoms with Gasteiger partial charge in [-0.25, -0.2) is 9.59 Å². The predicted molar refractivity (Wildman–Crippen MR) is 120 cm³/mol. The van der Waals surface area contributed by atoms with Crippen molar-refractivity contribution in [3.05, 3.63) is 35.9 Å². The highest BCUT2D eigenvalue weighted by atomic mass is 127. The Hall–Kier alpha value is -1.84. The molecule has 0 aromatic heterocycles. The van der Waals surface area contributed by atoms with Crippen molar-refractivity contribution in [2.75, 3.05) is 4.61 Å². The Morgan fingerprint density at radius 1 is 1.10 bits per heavy atom. The van der Waals surface area contributed by atoms with Crippen molar-refractivity contribution in [2.45, 2.75) is 64.7 Å². The molecule has 1 fully saturated rings. The average molecular weight is 531 g/mol. The molecule has 1 aliphatic carbocycles. The summed E-state index contributed by atoms with van der Waals surface area (Å²) in [5.41, 5.74) is 0.869. The lowest BCUT2D eigenvalue weighted by Gasteiger charge is -2.29. The van der Waals surface area contributed by atoms with Gasteiger partial charge < -0.3 is 19.5 Å². The minimum atomic E-state index is -0.778. The third-order valence-electron chi connectivity index (χ3n) is 5.44. The molecule has 1 saturated carbocycles. The molecule has 1 aromatic carbocycles. The fourth-order valence-electron chi connectivity index (χ4n) is 3.39. The van der Waals surface area contributed by atoms with Gasteiger partial charge in [-0.15, -0.1) is 0 Å². The number of halogens is 1. The molecular formula is C22H30INO6. The van der Waals surface area contributed by atoms with E-state index in [9.17, 15) is 14.4 Å². The molecule has 7 nitrogen and oxygen atoms in total. The molecular weight excluding hydrogens is 501 g/mol. The van der Waals surface area contributed by atoms with Gasteiger partial charge in [-0.05, 0) is 59.8 Å². The zero-order valence-electron chi connectivity index (χ0n) is 17.5. The quantitative estimate of drug-likeness (QED) is 0.220. The maximum Gasteiger partial charge on any atom is 0.408 e. The zero-order valence-corrected chi connectivity index (χ0v) is 19.6. The molecule has 1 aromatic rings. The first-order valence-electron chi connectivity index (χ1n) is 10.3. The Morgan fingerprint density at radius 3 is 2.37 bits per heavy atom. The average Bonchev–Trinajstić information content (AvgIpc) is 2.76. The van der Waals surface area contributed by atoms with E-state index >= 15 is 0 Å². The first-order valence-corrected chi connectivity index (χ1v) is 11.9. The lowest BCUT2D eigenvalue weighted by atomic mass is 9.87. The van der Waals surface area contributed by atoms with Crippen molar-refractivity contribution in [2.24, 2.45) is 11.8 Å². The summed E-state index contributed by atoms with van der Waals surface area (Å²) in [5, 5.41) is 2.66. The number of hydrogen-bond donors (Lipinski definition) is 1. The highest BCUT2D eigenvalue weighted by Gasteiger charge is 2.33. The summed E-state index contributed by atoms with van der Waals surface area (Å²) >= 11 is 2.00. The molecule has 30 heavy (non-hydrogen) atoms. The normalized spacial score (nSPS) is 20.5. The molecule has 1 aliphatic rings. The number of nitrogens with one attached hydrogen (secondary N) is 1. The summed E-state index contributed by atoms with van der Waals surface area (Å²) in [5.74, 6) is -0.878. The van der Waals surface area contributed by atoms with Gasteiger partial charge >= 0.3 is 18.0 Å². The summed E-state index contributed by atoms with van der Waals surface area (Å²) in [6, 6.07) is 8.57. The lowest BCUT2D eigenvalue weighted by Crippen LogP contribution is -2.47. The van der Waals surface area contributed by atoms with Crippen molar-refractivity contribution < 1.29 is 28.6 Å². The van der Waals surface area contributed by atoms with Crippen LogP contribution in [0.15, 0.2) is 30.3 Å². The smallest absolute Gasteiger partial charge is 0.408 e. The molecule has 1 amide bonds. The monoisotopic (exact) mass is 531 g/mol. The van der Waals surface area contributed by atoms with Gasteiger partial charge in [-0.3, -0.25) is 4.79 Å². The molecule has 0 radical (unpaired) electrons. The largest absolute Gasteiger partial charge is 0.461 e. The van der Waals surface area contributed by atoms with Gasteiger partial charge in [0.25, 0.3) is 0 Å². The van der Waals surface area contributed by atoms with Gasteiger partial charge in [-0.2, -0.15) is 0 Å². The number of ether oxygens (including phenoxy) is 3. The van der Waals surface area contributed by atoms with E-state index in [-0.39, 0.29) is 30.5 Å². The van der Waals surface area contributed by atoms with Crippen molar-refractivity contribution >= 4 is 40.6 Å². The van der Waals surface area contributed by atoms with Crippen LogP contribution < -0.4 is 5.32 Å². The second-order valence-corrected chi connectivity index (χ2v) is 8.18. The van der Waals surface area contributed by atoms with Crippen LogP contribution >= 0.6 is 22.6 Å². The summed E-state index contributed by atoms with van der Waals surface area (Å²) in [6.45, 7) is 3.97. The van der Waals surface area contributed by atoms with Gasteiger partial charge in [-0.1, -0.05) is 50.6 Å². The van der Waals surface area contributed by atoms with Crippen molar-refractivity contribution in [1.82, 2.24) is 5.32 Å². The fraction of sp³-hybridized carbons (Fsp3) is 0.591. The Morgan fingerprint density at radius 2 is 1.77 bits per heavy atom. The topological polar surface area (TPSA) is 90.9 Å². The number of esters is 2. The van der Waals surface area contributed by atoms with Gasteiger partial charge in [0.15, 0.2) is 0 Å². The Labute approximate surface area is 191 Å². The molecule has 0 unspecified atom stereocenters. The zero-order chi connectivity index (χ0) is 21.9. The predicted octanol–water partition coefficient (Wildman–Crippen LogP) is 4.37. The third kappa shape index (κ3) is 7.77. The van der Waals surface area contributed by atoms with Crippen LogP contribution in [0.1, 0.15) is 51.5 Å². The number of amides is 1. The van der Waals surface area contributed by atoms with Gasteiger partial charge in [0, 0.05) is 0 Å². The molecule has 8 heteroatoms. The number of carbonyl (C=O) groups excluding carboxylic acids is 3. The lowest BCUT2D eigenvalue weighted by molar-refractivity contribution is -0.156. The molecule has 2 rings (SSSR count). The van der Waals surface area contributed by atoms with Gasteiger partial charge in [0.2, 0.25) is 0 Å². The van der Waals surface area contributed by atoms with E-state index in [1.165, 1.54) is 0 Å². The Kier molecular flexibility index (Phi) is 10.4. The van der Waals surface area contributed by atoms with Crippen molar-refractivity contribution in [3.63, 3.8) is 0 Å². The highest BCUT2D eigenvalue weighted by Crippen LogP contribution is 2.28. The highest BCUT2D eigenvalue weighted by molar-refractivity contribution is 14.1. The molecule has 1 N–H and O–H groups in total. The molecule has 2 atom stereocenters. The first kappa shape index (κ1) is 24.4. The maximum atomic E-state index is 12.8. The van der Waals surface area contributed by atoms with Crippen LogP contribution in [-0.4, -0.2) is 34.8 Å². The second-order valence-electron chi connectivity index (χ2n) is 7.55. The van der Waals surface area contributed by atoms with E-state index in [0.717, 1.165) is 5.56 Å². The van der Waals surface area contributed by atoms with Crippen LogP contribution in [0.4, 0.5) is 4.79 Å². The summed E-state index contributed by atoms with van der Waals surface area (Å²) in [4.78, 5) is 36.8. The summed E-state index contributed by atoms with van der Waals surface area (Å²) < 4.78 is 16.3. The third-order valence-corrected chi connectivity index (χ3v) is 5.75. The van der Waals surface area contributed by atoms with Crippen LogP contribution in [0.25, 0.3) is 0 Å². The molecule has 0 spiro atoms.